The zero-order chi connectivity index (χ0) is 23.5. The molecule has 10 heteroatoms. The zero-order valence-electron chi connectivity index (χ0n) is 19.0. The second-order valence-corrected chi connectivity index (χ2v) is 8.53. The number of benzene rings is 1. The van der Waals surface area contributed by atoms with E-state index in [2.05, 4.69) is 25.6 Å². The van der Waals surface area contributed by atoms with Crippen molar-refractivity contribution in [1.29, 1.82) is 0 Å². The fourth-order valence-corrected chi connectivity index (χ4v) is 4.39. The van der Waals surface area contributed by atoms with E-state index in [0.29, 0.717) is 43.4 Å². The topological polar surface area (TPSA) is 103 Å². The molecule has 1 amide bonds. The molecule has 2 aromatic heterocycles. The van der Waals surface area contributed by atoms with Crippen molar-refractivity contribution in [2.24, 2.45) is 0 Å². The van der Waals surface area contributed by atoms with Crippen molar-refractivity contribution in [3.63, 3.8) is 0 Å². The highest BCUT2D eigenvalue weighted by atomic mass is 19.1. The number of hydrogen-bond donors (Lipinski definition) is 2. The molecule has 2 aliphatic heterocycles. The van der Waals surface area contributed by atoms with Gasteiger partial charge in [-0.2, -0.15) is 0 Å². The van der Waals surface area contributed by atoms with Gasteiger partial charge in [-0.15, -0.1) is 0 Å². The highest BCUT2D eigenvalue weighted by Crippen LogP contribution is 2.31. The van der Waals surface area contributed by atoms with Crippen LogP contribution in [0.4, 0.5) is 16.0 Å². The lowest BCUT2D eigenvalue weighted by molar-refractivity contribution is 0.0694. The molecule has 1 aromatic carbocycles. The highest BCUT2D eigenvalue weighted by molar-refractivity contribution is 5.94. The third-order valence-corrected chi connectivity index (χ3v) is 6.19. The maximum Gasteiger partial charge on any atom is 0.251 e. The van der Waals surface area contributed by atoms with E-state index in [-0.39, 0.29) is 29.6 Å². The van der Waals surface area contributed by atoms with E-state index in [1.54, 1.807) is 30.5 Å². The van der Waals surface area contributed by atoms with E-state index < -0.39 is 5.82 Å². The van der Waals surface area contributed by atoms with E-state index in [4.69, 9.17) is 9.47 Å². The maximum absolute atomic E-state index is 14.8. The minimum atomic E-state index is -0.512. The van der Waals surface area contributed by atoms with Crippen LogP contribution in [0.25, 0.3) is 11.4 Å². The first-order valence-corrected chi connectivity index (χ1v) is 11.5. The summed E-state index contributed by atoms with van der Waals surface area (Å²) in [6.07, 6.45) is 5.32. The Kier molecular flexibility index (Phi) is 6.50. The van der Waals surface area contributed by atoms with Gasteiger partial charge in [0.05, 0.1) is 30.7 Å². The van der Waals surface area contributed by atoms with Gasteiger partial charge in [0.25, 0.3) is 5.91 Å². The molecule has 0 saturated carbocycles. The molecule has 9 nitrogen and oxygen atoms in total. The number of aryl methyl sites for hydroxylation is 1. The van der Waals surface area contributed by atoms with Crippen LogP contribution in [0.5, 0.6) is 0 Å². The van der Waals surface area contributed by atoms with E-state index in [1.165, 1.54) is 0 Å². The van der Waals surface area contributed by atoms with E-state index in [0.717, 1.165) is 31.3 Å². The number of nitrogens with zero attached hydrogens (tertiary/aromatic N) is 4. The summed E-state index contributed by atoms with van der Waals surface area (Å²) in [6, 6.07) is 7.22. The van der Waals surface area contributed by atoms with Gasteiger partial charge in [0.1, 0.15) is 11.5 Å². The molecule has 2 fully saturated rings. The Bertz CT molecular complexity index is 1150. The molecule has 1 atom stereocenters. The highest BCUT2D eigenvalue weighted by Gasteiger charge is 2.24. The van der Waals surface area contributed by atoms with Crippen LogP contribution in [0.3, 0.4) is 0 Å². The molecule has 0 radical (unpaired) electrons. The molecule has 34 heavy (non-hydrogen) atoms. The quantitative estimate of drug-likeness (QED) is 0.574. The van der Waals surface area contributed by atoms with Gasteiger partial charge in [-0.25, -0.2) is 19.3 Å². The van der Waals surface area contributed by atoms with E-state index >= 15 is 0 Å². The van der Waals surface area contributed by atoms with Crippen LogP contribution in [0, 0.1) is 12.7 Å². The first kappa shape index (κ1) is 22.4. The van der Waals surface area contributed by atoms with Crippen LogP contribution in [0.1, 0.15) is 41.5 Å². The summed E-state index contributed by atoms with van der Waals surface area (Å²) in [6.45, 7) is 4.46. The van der Waals surface area contributed by atoms with Crippen LogP contribution in [-0.4, -0.2) is 57.9 Å². The summed E-state index contributed by atoms with van der Waals surface area (Å²) in [7, 11) is 0. The summed E-state index contributed by atoms with van der Waals surface area (Å²) in [5.41, 5.74) is 2.05. The number of anilines is 2. The fraction of sp³-hybridized carbons (Fsp3) is 0.417. The molecular formula is C24H27FN6O3. The molecule has 2 N–H and O–H groups in total. The lowest BCUT2D eigenvalue weighted by Gasteiger charge is -2.26. The smallest absolute Gasteiger partial charge is 0.251 e. The van der Waals surface area contributed by atoms with Crippen molar-refractivity contribution in [1.82, 2.24) is 24.8 Å². The molecule has 0 spiro atoms. The van der Waals surface area contributed by atoms with Gasteiger partial charge in [0, 0.05) is 37.1 Å². The second kappa shape index (κ2) is 9.86. The molecule has 178 valence electrons. The van der Waals surface area contributed by atoms with Crippen LogP contribution in [0.2, 0.25) is 0 Å². The Labute approximate surface area is 196 Å². The van der Waals surface area contributed by atoms with Crippen molar-refractivity contribution < 1.29 is 18.7 Å². The maximum atomic E-state index is 14.8. The molecule has 1 unspecified atom stereocenters. The number of imidazole rings is 1. The van der Waals surface area contributed by atoms with Crippen LogP contribution < -0.4 is 10.6 Å². The van der Waals surface area contributed by atoms with Gasteiger partial charge < -0.3 is 24.7 Å². The number of aromatic nitrogens is 4. The third kappa shape index (κ3) is 4.78. The van der Waals surface area contributed by atoms with Gasteiger partial charge >= 0.3 is 0 Å². The average Bonchev–Trinajstić information content (AvgIpc) is 3.51. The summed E-state index contributed by atoms with van der Waals surface area (Å²) >= 11 is 0. The predicted octanol–water partition coefficient (Wildman–Crippen LogP) is 3.40. The van der Waals surface area contributed by atoms with Crippen LogP contribution in [-0.2, 0) is 9.47 Å². The van der Waals surface area contributed by atoms with Gasteiger partial charge in [0.2, 0.25) is 5.95 Å². The average molecular weight is 467 g/mol. The van der Waals surface area contributed by atoms with E-state index in [9.17, 15) is 9.18 Å². The Hall–Kier alpha value is -3.37. The molecule has 3 aromatic rings. The van der Waals surface area contributed by atoms with Gasteiger partial charge in [0.15, 0.2) is 5.82 Å². The largest absolute Gasteiger partial charge is 0.381 e. The summed E-state index contributed by atoms with van der Waals surface area (Å²) in [5, 5.41) is 6.06. The molecule has 4 heterocycles. The predicted molar refractivity (Wildman–Crippen MR) is 123 cm³/mol. The zero-order valence-corrected chi connectivity index (χ0v) is 19.0. The number of ether oxygens (including phenoxy) is 2. The lowest BCUT2D eigenvalue weighted by Crippen LogP contribution is -2.34. The van der Waals surface area contributed by atoms with Gasteiger partial charge in [-0.3, -0.25) is 4.79 Å². The number of hydrogen-bond acceptors (Lipinski definition) is 7. The Morgan fingerprint density at radius 2 is 1.82 bits per heavy atom. The fourth-order valence-electron chi connectivity index (χ4n) is 4.39. The summed E-state index contributed by atoms with van der Waals surface area (Å²) < 4.78 is 27.6. The minimum absolute atomic E-state index is 0.0505. The Balaban J connectivity index is 1.33. The Morgan fingerprint density at radius 1 is 1.06 bits per heavy atom. The molecule has 0 bridgehead atoms. The van der Waals surface area contributed by atoms with Crippen LogP contribution in [0.15, 0.2) is 36.7 Å². The standard InChI is InChI=1S/C24H27FN6O3/c1-15-26-13-21(31(15)19-7-10-33-11-8-19)22-20(25)12-27-24(30-22)29-17-4-2-16(3-5-17)23(32)28-18-6-9-34-14-18/h2-5,12-13,18-19H,6-11,14H2,1H3,(H,28,32)(H,27,29,30). The SMILES string of the molecule is Cc1ncc(-c2nc(Nc3ccc(C(=O)NC4CCOC4)cc3)ncc2F)n1C1CCOCC1. The summed E-state index contributed by atoms with van der Waals surface area (Å²) in [5.74, 6) is 0.419. The first-order valence-electron chi connectivity index (χ1n) is 11.5. The molecule has 5 rings (SSSR count). The van der Waals surface area contributed by atoms with Crippen LogP contribution >= 0.6 is 0 Å². The van der Waals surface area contributed by atoms with Crippen molar-refractivity contribution in [2.75, 3.05) is 31.7 Å². The number of carbonyl (C=O) groups is 1. The second-order valence-electron chi connectivity index (χ2n) is 8.53. The third-order valence-electron chi connectivity index (χ3n) is 6.19. The minimum Gasteiger partial charge on any atom is -0.381 e. The van der Waals surface area contributed by atoms with E-state index in [1.807, 2.05) is 11.5 Å². The first-order chi connectivity index (χ1) is 16.6. The molecule has 2 saturated heterocycles. The van der Waals surface area contributed by atoms with Crippen molar-refractivity contribution in [3.05, 3.63) is 53.9 Å². The van der Waals surface area contributed by atoms with Crippen molar-refractivity contribution in [3.8, 4) is 11.4 Å². The number of nitrogens with one attached hydrogen (secondary N) is 2. The van der Waals surface area contributed by atoms with Crippen molar-refractivity contribution in [2.45, 2.75) is 38.3 Å². The molecular weight excluding hydrogens is 439 g/mol. The van der Waals surface area contributed by atoms with Crippen molar-refractivity contribution >= 4 is 17.5 Å². The molecule has 0 aliphatic carbocycles. The Morgan fingerprint density at radius 3 is 2.56 bits per heavy atom. The monoisotopic (exact) mass is 466 g/mol. The van der Waals surface area contributed by atoms with Gasteiger partial charge in [-0.1, -0.05) is 0 Å². The number of rotatable bonds is 6. The number of halogens is 1. The van der Waals surface area contributed by atoms with Gasteiger partial charge in [-0.05, 0) is 50.5 Å². The lowest BCUT2D eigenvalue weighted by atomic mass is 10.1. The molecule has 2 aliphatic rings. The normalized spacial score (nSPS) is 18.7. The summed E-state index contributed by atoms with van der Waals surface area (Å²) in [4.78, 5) is 25.4. The number of carbonyl (C=O) groups excluding carboxylic acids is 1. The number of amides is 1.